The number of methoxy groups -OCH3 is 1. The number of nitrogens with zero attached hydrogens (tertiary/aromatic N) is 2. The molecule has 1 heterocycles. The number of hydrogen-bond acceptors (Lipinski definition) is 5. The fourth-order valence-corrected chi connectivity index (χ4v) is 1.89. The van der Waals surface area contributed by atoms with Gasteiger partial charge in [-0.25, -0.2) is 4.98 Å². The van der Waals surface area contributed by atoms with Crippen molar-refractivity contribution in [1.29, 1.82) is 0 Å². The molecule has 3 N–H and O–H groups in total. The topological polar surface area (TPSA) is 80.5 Å². The number of nitrogens with one attached hydrogen (secondary N) is 1. The zero-order valence-corrected chi connectivity index (χ0v) is 12.4. The maximum Gasteiger partial charge on any atom is 0.237 e. The monoisotopic (exact) mass is 280 g/mol. The first-order valence-corrected chi connectivity index (χ1v) is 6.74. The molecule has 0 aliphatic heterocycles. The van der Waals surface area contributed by atoms with E-state index < -0.39 is 0 Å². The van der Waals surface area contributed by atoms with Crippen LogP contribution < -0.4 is 16.0 Å². The predicted octanol–water partition coefficient (Wildman–Crippen LogP) is 0.518. The van der Waals surface area contributed by atoms with E-state index >= 15 is 0 Å². The van der Waals surface area contributed by atoms with Crippen molar-refractivity contribution in [1.82, 2.24) is 10.3 Å². The third kappa shape index (κ3) is 5.14. The Morgan fingerprint density at radius 1 is 1.55 bits per heavy atom. The number of primary amides is 1. The summed E-state index contributed by atoms with van der Waals surface area (Å²) in [5, 5.41) is 3.28. The van der Waals surface area contributed by atoms with E-state index in [0.29, 0.717) is 13.2 Å². The minimum atomic E-state index is -0.359. The Bertz CT molecular complexity index is 423. The summed E-state index contributed by atoms with van der Waals surface area (Å²) in [6, 6.07) is 4.04. The summed E-state index contributed by atoms with van der Waals surface area (Å²) < 4.78 is 5.00. The van der Waals surface area contributed by atoms with Gasteiger partial charge >= 0.3 is 0 Å². The molecule has 1 aromatic heterocycles. The molecule has 0 atom stereocenters. The summed E-state index contributed by atoms with van der Waals surface area (Å²) in [4.78, 5) is 17.5. The largest absolute Gasteiger partial charge is 0.383 e. The second-order valence-corrected chi connectivity index (χ2v) is 4.84. The molecule has 0 aliphatic carbocycles. The molecule has 6 heteroatoms. The minimum Gasteiger partial charge on any atom is -0.383 e. The van der Waals surface area contributed by atoms with Crippen molar-refractivity contribution >= 4 is 11.7 Å². The van der Waals surface area contributed by atoms with E-state index in [-0.39, 0.29) is 18.5 Å². The maximum atomic E-state index is 11.2. The van der Waals surface area contributed by atoms with Gasteiger partial charge in [-0.2, -0.15) is 0 Å². The molecule has 6 nitrogen and oxygen atoms in total. The first-order chi connectivity index (χ1) is 9.56. The fraction of sp³-hybridized carbons (Fsp3) is 0.571. The number of carbonyl (C=O) groups is 1. The number of pyridine rings is 1. The van der Waals surface area contributed by atoms with E-state index in [0.717, 1.165) is 17.9 Å². The molecule has 20 heavy (non-hydrogen) atoms. The highest BCUT2D eigenvalue weighted by Crippen LogP contribution is 2.19. The average molecular weight is 280 g/mol. The molecule has 0 bridgehead atoms. The molecule has 0 radical (unpaired) electrons. The van der Waals surface area contributed by atoms with Crippen LogP contribution in [0.4, 0.5) is 5.82 Å². The van der Waals surface area contributed by atoms with Crippen molar-refractivity contribution in [3.63, 3.8) is 0 Å². The molecule has 0 spiro atoms. The van der Waals surface area contributed by atoms with Gasteiger partial charge in [0.05, 0.1) is 13.2 Å². The predicted molar refractivity (Wildman–Crippen MR) is 79.5 cm³/mol. The summed E-state index contributed by atoms with van der Waals surface area (Å²) in [6.07, 6.45) is 1.73. The van der Waals surface area contributed by atoms with Crippen LogP contribution in [0.15, 0.2) is 18.3 Å². The van der Waals surface area contributed by atoms with Crippen LogP contribution >= 0.6 is 0 Å². The third-order valence-electron chi connectivity index (χ3n) is 2.89. The van der Waals surface area contributed by atoms with Gasteiger partial charge < -0.3 is 20.7 Å². The Balaban J connectivity index is 2.83. The van der Waals surface area contributed by atoms with E-state index in [1.54, 1.807) is 13.3 Å². The van der Waals surface area contributed by atoms with Gasteiger partial charge in [-0.3, -0.25) is 4.79 Å². The Kier molecular flexibility index (Phi) is 6.97. The molecule has 1 amide bonds. The van der Waals surface area contributed by atoms with Gasteiger partial charge in [0, 0.05) is 38.0 Å². The summed E-state index contributed by atoms with van der Waals surface area (Å²) in [7, 11) is 1.67. The van der Waals surface area contributed by atoms with Crippen LogP contribution in [-0.4, -0.2) is 43.7 Å². The summed E-state index contributed by atoms with van der Waals surface area (Å²) in [5.41, 5.74) is 6.36. The summed E-state index contributed by atoms with van der Waals surface area (Å²) in [6.45, 7) is 6.29. The average Bonchev–Trinajstić information content (AvgIpc) is 2.41. The molecule has 0 saturated carbocycles. The number of ether oxygens (including phenoxy) is 1. The second-order valence-electron chi connectivity index (χ2n) is 4.84. The van der Waals surface area contributed by atoms with Gasteiger partial charge in [-0.1, -0.05) is 6.07 Å². The van der Waals surface area contributed by atoms with Crippen molar-refractivity contribution in [2.24, 2.45) is 5.73 Å². The quantitative estimate of drug-likeness (QED) is 0.645. The van der Waals surface area contributed by atoms with Crippen LogP contribution in [0.5, 0.6) is 0 Å². The number of aromatic nitrogens is 1. The standard InChI is InChI=1S/C14H24N4O2/c1-11(2)18(10-13(15)19)14-12(5-4-6-17-14)9-16-7-8-20-3/h4-6,11,16H,7-10H2,1-3H3,(H2,15,19). The summed E-state index contributed by atoms with van der Waals surface area (Å²) >= 11 is 0. The highest BCUT2D eigenvalue weighted by molar-refractivity contribution is 5.79. The molecule has 1 rings (SSSR count). The number of anilines is 1. The first kappa shape index (κ1) is 16.4. The lowest BCUT2D eigenvalue weighted by molar-refractivity contribution is -0.116. The molecule has 0 aliphatic rings. The Labute approximate surface area is 120 Å². The highest BCUT2D eigenvalue weighted by atomic mass is 16.5. The van der Waals surface area contributed by atoms with Gasteiger partial charge in [0.1, 0.15) is 5.82 Å². The van der Waals surface area contributed by atoms with Crippen LogP contribution in [0.3, 0.4) is 0 Å². The summed E-state index contributed by atoms with van der Waals surface area (Å²) in [5.74, 6) is 0.439. The van der Waals surface area contributed by atoms with E-state index in [9.17, 15) is 4.79 Å². The number of carbonyl (C=O) groups excluding carboxylic acids is 1. The van der Waals surface area contributed by atoms with Crippen molar-refractivity contribution in [2.45, 2.75) is 26.4 Å². The van der Waals surface area contributed by atoms with Crippen LogP contribution in [0.25, 0.3) is 0 Å². The van der Waals surface area contributed by atoms with Crippen molar-refractivity contribution in [3.05, 3.63) is 23.9 Å². The second kappa shape index (κ2) is 8.50. The Morgan fingerprint density at radius 3 is 2.90 bits per heavy atom. The number of amides is 1. The molecule has 112 valence electrons. The lowest BCUT2D eigenvalue weighted by Crippen LogP contribution is -2.40. The number of hydrogen-bond donors (Lipinski definition) is 2. The van der Waals surface area contributed by atoms with Crippen molar-refractivity contribution in [2.75, 3.05) is 31.7 Å². The van der Waals surface area contributed by atoms with Crippen LogP contribution in [0, 0.1) is 0 Å². The van der Waals surface area contributed by atoms with E-state index in [1.165, 1.54) is 0 Å². The van der Waals surface area contributed by atoms with Gasteiger partial charge in [0.15, 0.2) is 0 Å². The van der Waals surface area contributed by atoms with E-state index in [1.807, 2.05) is 30.9 Å². The van der Waals surface area contributed by atoms with Crippen LogP contribution in [0.2, 0.25) is 0 Å². The molecule has 0 fully saturated rings. The van der Waals surface area contributed by atoms with E-state index in [2.05, 4.69) is 10.3 Å². The zero-order chi connectivity index (χ0) is 15.0. The zero-order valence-electron chi connectivity index (χ0n) is 12.4. The van der Waals surface area contributed by atoms with Gasteiger partial charge in [0.2, 0.25) is 5.91 Å². The molecule has 0 aromatic carbocycles. The smallest absolute Gasteiger partial charge is 0.237 e. The molecular weight excluding hydrogens is 256 g/mol. The van der Waals surface area contributed by atoms with E-state index in [4.69, 9.17) is 10.5 Å². The lowest BCUT2D eigenvalue weighted by Gasteiger charge is -2.28. The van der Waals surface area contributed by atoms with Crippen LogP contribution in [-0.2, 0) is 16.1 Å². The number of rotatable bonds is 9. The number of nitrogens with two attached hydrogens (primary N) is 1. The lowest BCUT2D eigenvalue weighted by atomic mass is 10.2. The first-order valence-electron chi connectivity index (χ1n) is 6.74. The Hall–Kier alpha value is -1.66. The third-order valence-corrected chi connectivity index (χ3v) is 2.89. The molecule has 0 saturated heterocycles. The Morgan fingerprint density at radius 2 is 2.30 bits per heavy atom. The van der Waals surface area contributed by atoms with Gasteiger partial charge in [-0.15, -0.1) is 0 Å². The minimum absolute atomic E-state index is 0.148. The van der Waals surface area contributed by atoms with Crippen molar-refractivity contribution in [3.8, 4) is 0 Å². The van der Waals surface area contributed by atoms with Gasteiger partial charge in [0.25, 0.3) is 0 Å². The van der Waals surface area contributed by atoms with Gasteiger partial charge in [-0.05, 0) is 19.9 Å². The normalized spacial score (nSPS) is 10.8. The molecule has 1 aromatic rings. The highest BCUT2D eigenvalue weighted by Gasteiger charge is 2.17. The maximum absolute atomic E-state index is 11.2. The SMILES string of the molecule is COCCNCc1cccnc1N(CC(N)=O)C(C)C. The fourth-order valence-electron chi connectivity index (χ4n) is 1.89. The molecule has 0 unspecified atom stereocenters. The van der Waals surface area contributed by atoms with Crippen LogP contribution in [0.1, 0.15) is 19.4 Å². The molecular formula is C14H24N4O2. The van der Waals surface area contributed by atoms with Crippen molar-refractivity contribution < 1.29 is 9.53 Å².